The third kappa shape index (κ3) is 5.64. The minimum Gasteiger partial charge on any atom is -0.447 e. The number of hydrogen-bond donors (Lipinski definition) is 1. The van der Waals surface area contributed by atoms with E-state index in [1.165, 1.54) is 12.1 Å². The lowest BCUT2D eigenvalue weighted by molar-refractivity contribution is -0.384. The van der Waals surface area contributed by atoms with Crippen LogP contribution in [0.2, 0.25) is 0 Å². The lowest BCUT2D eigenvalue weighted by Gasteiger charge is -2.22. The molecule has 0 saturated heterocycles. The second kappa shape index (κ2) is 11.1. The quantitative estimate of drug-likeness (QED) is 0.191. The van der Waals surface area contributed by atoms with E-state index in [0.717, 1.165) is 11.1 Å². The van der Waals surface area contributed by atoms with E-state index in [2.05, 4.69) is 5.32 Å². The fourth-order valence-electron chi connectivity index (χ4n) is 3.94. The molecule has 0 spiro atoms. The molecule has 4 rings (SSSR count). The molecule has 0 aromatic heterocycles. The van der Waals surface area contributed by atoms with Gasteiger partial charge in [0.25, 0.3) is 11.6 Å². The van der Waals surface area contributed by atoms with Gasteiger partial charge in [0.15, 0.2) is 0 Å². The van der Waals surface area contributed by atoms with Crippen molar-refractivity contribution in [3.05, 3.63) is 142 Å². The molecule has 7 heteroatoms. The maximum absolute atomic E-state index is 13.6. The molecule has 36 heavy (non-hydrogen) atoms. The summed E-state index contributed by atoms with van der Waals surface area (Å²) in [6.45, 7) is 1.72. The average Bonchev–Trinajstić information content (AvgIpc) is 2.90. The maximum Gasteiger partial charge on any atom is 0.319 e. The Labute approximate surface area is 208 Å². The molecule has 180 valence electrons. The molecule has 0 radical (unpaired) electrons. The number of nitrogens with one attached hydrogen (secondary N) is 1. The standard InChI is InChI=1S/C29H24N2O5/c1-20-17-18-24(25(19-20)31(34)35)30-28(32)27(23-15-9-4-10-16-23)36-29(33)26(21-11-5-2-6-12-21)22-13-7-3-8-14-22/h2-19,26-27H,1H3,(H,30,32)/t27-/m0/s1. The number of benzene rings is 4. The zero-order valence-electron chi connectivity index (χ0n) is 19.5. The summed E-state index contributed by atoms with van der Waals surface area (Å²) in [4.78, 5) is 38.0. The highest BCUT2D eigenvalue weighted by Crippen LogP contribution is 2.31. The van der Waals surface area contributed by atoms with Gasteiger partial charge in [-0.05, 0) is 29.7 Å². The molecule has 4 aromatic carbocycles. The summed E-state index contributed by atoms with van der Waals surface area (Å²) < 4.78 is 5.84. The molecule has 0 aliphatic heterocycles. The van der Waals surface area contributed by atoms with Crippen LogP contribution < -0.4 is 5.32 Å². The number of carbonyl (C=O) groups excluding carboxylic acids is 2. The van der Waals surface area contributed by atoms with Gasteiger partial charge >= 0.3 is 5.97 Å². The van der Waals surface area contributed by atoms with Gasteiger partial charge in [-0.2, -0.15) is 0 Å². The van der Waals surface area contributed by atoms with E-state index in [-0.39, 0.29) is 11.4 Å². The van der Waals surface area contributed by atoms with E-state index in [0.29, 0.717) is 11.1 Å². The summed E-state index contributed by atoms with van der Waals surface area (Å²) in [7, 11) is 0. The summed E-state index contributed by atoms with van der Waals surface area (Å²) in [5.74, 6) is -2.07. The third-order valence-corrected chi connectivity index (χ3v) is 5.68. The summed E-state index contributed by atoms with van der Waals surface area (Å²) >= 11 is 0. The second-order valence-corrected chi connectivity index (χ2v) is 8.25. The normalized spacial score (nSPS) is 11.5. The van der Waals surface area contributed by atoms with Crippen LogP contribution in [0.5, 0.6) is 0 Å². The molecule has 1 atom stereocenters. The van der Waals surface area contributed by atoms with Gasteiger partial charge in [-0.1, -0.05) is 97.1 Å². The van der Waals surface area contributed by atoms with Crippen molar-refractivity contribution in [3.63, 3.8) is 0 Å². The van der Waals surface area contributed by atoms with Gasteiger partial charge in [-0.25, -0.2) is 0 Å². The zero-order chi connectivity index (χ0) is 25.5. The van der Waals surface area contributed by atoms with Crippen LogP contribution in [0.1, 0.15) is 34.3 Å². The SMILES string of the molecule is Cc1ccc(NC(=O)[C@@H](OC(=O)C(c2ccccc2)c2ccccc2)c2ccccc2)c([N+](=O)[O-])c1. The maximum atomic E-state index is 13.6. The average molecular weight is 481 g/mol. The van der Waals surface area contributed by atoms with Crippen molar-refractivity contribution in [2.24, 2.45) is 0 Å². The van der Waals surface area contributed by atoms with Crippen LogP contribution in [0.4, 0.5) is 11.4 Å². The van der Waals surface area contributed by atoms with Crippen LogP contribution in [0, 0.1) is 17.0 Å². The van der Waals surface area contributed by atoms with Gasteiger partial charge in [-0.15, -0.1) is 0 Å². The summed E-state index contributed by atoms with van der Waals surface area (Å²) in [6.07, 6.45) is -1.32. The smallest absolute Gasteiger partial charge is 0.319 e. The highest BCUT2D eigenvalue weighted by molar-refractivity contribution is 5.98. The molecule has 0 aliphatic rings. The van der Waals surface area contributed by atoms with Gasteiger partial charge < -0.3 is 10.1 Å². The number of aryl methyl sites for hydroxylation is 1. The number of esters is 1. The fourth-order valence-corrected chi connectivity index (χ4v) is 3.94. The van der Waals surface area contributed by atoms with Crippen LogP contribution in [0.3, 0.4) is 0 Å². The molecule has 1 N–H and O–H groups in total. The van der Waals surface area contributed by atoms with Gasteiger partial charge in [0.2, 0.25) is 6.10 Å². The van der Waals surface area contributed by atoms with Crippen molar-refractivity contribution >= 4 is 23.3 Å². The first-order chi connectivity index (χ1) is 17.4. The summed E-state index contributed by atoms with van der Waals surface area (Å²) in [5.41, 5.74) is 2.34. The fraction of sp³-hybridized carbons (Fsp3) is 0.103. The van der Waals surface area contributed by atoms with Crippen LogP contribution in [0.15, 0.2) is 109 Å². The molecule has 0 saturated carbocycles. The third-order valence-electron chi connectivity index (χ3n) is 5.68. The van der Waals surface area contributed by atoms with Crippen LogP contribution >= 0.6 is 0 Å². The van der Waals surface area contributed by atoms with Crippen molar-refractivity contribution in [1.82, 2.24) is 0 Å². The summed E-state index contributed by atoms with van der Waals surface area (Å²) in [5, 5.41) is 14.1. The van der Waals surface area contributed by atoms with E-state index < -0.39 is 28.8 Å². The Hall–Kier alpha value is -4.78. The molecule has 0 bridgehead atoms. The van der Waals surface area contributed by atoms with Gasteiger partial charge in [0, 0.05) is 11.6 Å². The predicted octanol–water partition coefficient (Wildman–Crippen LogP) is 5.96. The predicted molar refractivity (Wildman–Crippen MR) is 136 cm³/mol. The van der Waals surface area contributed by atoms with Crippen LogP contribution in [-0.4, -0.2) is 16.8 Å². The number of carbonyl (C=O) groups is 2. The molecule has 4 aromatic rings. The Balaban J connectivity index is 1.68. The Morgan fingerprint density at radius 1 is 0.778 bits per heavy atom. The van der Waals surface area contributed by atoms with Crippen molar-refractivity contribution in [2.45, 2.75) is 18.9 Å². The molecule has 0 fully saturated rings. The van der Waals surface area contributed by atoms with E-state index >= 15 is 0 Å². The first-order valence-electron chi connectivity index (χ1n) is 11.4. The Kier molecular flexibility index (Phi) is 7.51. The molecule has 7 nitrogen and oxygen atoms in total. The topological polar surface area (TPSA) is 98.5 Å². The van der Waals surface area contributed by atoms with E-state index in [4.69, 9.17) is 4.74 Å². The van der Waals surface area contributed by atoms with Gasteiger partial charge in [0.1, 0.15) is 11.6 Å². The first kappa shape index (κ1) is 24.3. The Bertz CT molecular complexity index is 1320. The monoisotopic (exact) mass is 480 g/mol. The zero-order valence-corrected chi connectivity index (χ0v) is 19.5. The van der Waals surface area contributed by atoms with Crippen LogP contribution in [-0.2, 0) is 14.3 Å². The molecular weight excluding hydrogens is 456 g/mol. The highest BCUT2D eigenvalue weighted by Gasteiger charge is 2.32. The van der Waals surface area contributed by atoms with Crippen LogP contribution in [0.25, 0.3) is 0 Å². The molecule has 0 unspecified atom stereocenters. The van der Waals surface area contributed by atoms with Crippen molar-refractivity contribution in [3.8, 4) is 0 Å². The Morgan fingerprint density at radius 3 is 1.78 bits per heavy atom. The molecule has 1 amide bonds. The molecular formula is C29H24N2O5. The van der Waals surface area contributed by atoms with Gasteiger partial charge in [-0.3, -0.25) is 19.7 Å². The number of nitro benzene ring substituents is 1. The number of anilines is 1. The number of amides is 1. The second-order valence-electron chi connectivity index (χ2n) is 8.25. The number of nitrogens with zero attached hydrogens (tertiary/aromatic N) is 1. The lowest BCUT2D eigenvalue weighted by atomic mass is 9.91. The Morgan fingerprint density at radius 2 is 1.28 bits per heavy atom. The number of rotatable bonds is 8. The van der Waals surface area contributed by atoms with Crippen molar-refractivity contribution in [2.75, 3.05) is 5.32 Å². The summed E-state index contributed by atoms with van der Waals surface area (Å²) in [6, 6.07) is 31.4. The number of ether oxygens (including phenoxy) is 1. The number of nitro groups is 1. The van der Waals surface area contributed by atoms with E-state index in [1.54, 1.807) is 43.3 Å². The van der Waals surface area contributed by atoms with E-state index in [9.17, 15) is 19.7 Å². The van der Waals surface area contributed by atoms with E-state index in [1.807, 2.05) is 60.7 Å². The molecule has 0 heterocycles. The van der Waals surface area contributed by atoms with Crippen molar-refractivity contribution in [1.29, 1.82) is 0 Å². The lowest BCUT2D eigenvalue weighted by Crippen LogP contribution is -2.28. The van der Waals surface area contributed by atoms with Gasteiger partial charge in [0.05, 0.1) is 4.92 Å². The first-order valence-corrected chi connectivity index (χ1v) is 11.4. The minimum absolute atomic E-state index is 0.0234. The largest absolute Gasteiger partial charge is 0.447 e. The minimum atomic E-state index is -1.32. The number of hydrogen-bond acceptors (Lipinski definition) is 5. The highest BCUT2D eigenvalue weighted by atomic mass is 16.6. The van der Waals surface area contributed by atoms with Crippen molar-refractivity contribution < 1.29 is 19.2 Å². The molecule has 0 aliphatic carbocycles.